The molecule has 4 heterocycles. The highest BCUT2D eigenvalue weighted by Crippen LogP contribution is 2.45. The standard InChI is InChI=1S/C46H87N5O24P2.C18H33N3O9.C16H27NO11/c1-39(38-49-42(54)17-8-13-24-75-77(62,63)73-22-11-5-9-19-47-44(56)69-34-30-65-27-28-67-32-36-71-46(58)59)37-48-41(53)16-7-12-23-74-76(60,61)72-21-10-4-3-6-18-43(55)68-33-29-64-25-26-66-31-35-70-45(57)51-50-20-14-15-40(2)52;1-7-8(2)15(17(25)26)29-18(13(7)23)30-16-12(20-10(4)22)9(3)28-11(14(16)24)6-27-21-19-5;1-5-8(17-6(2)19)12(9(20)7(4-18)26-5)27-16-11(22)10(21)13(25-3)14(28-16)15(23)24/h39,50H,3-38H2,1-2H3,(H,47,56)(H,48,53)(H,49,54)(H,51,57)(H,58,59)(H,60,61)(H,62,63);7-9,11-16,18-19,21,23-24H,6H2,1-5H3,(H,20,22)(H,25,26);5,7-14,16,18,20-22H,4H2,1-3H3,(H,17,19)(H,23,24)/t;7-,8-,9-,11?,12?,13?,14+,15?,16+,18-;5-,7?,8?,9+,10+,11?,12+,13-,14?,16+/m.00/s1. The first-order valence-corrected chi connectivity index (χ1v) is 47.7. The molecule has 0 aliphatic carbocycles. The van der Waals surface area contributed by atoms with Gasteiger partial charge in [-0.05, 0) is 103 Å². The van der Waals surface area contributed by atoms with E-state index in [-0.39, 0.29) is 167 Å². The minimum atomic E-state index is -4.27. The van der Waals surface area contributed by atoms with Gasteiger partial charge in [-0.3, -0.25) is 52.3 Å². The fourth-order valence-electron chi connectivity index (χ4n) is 13.1. The van der Waals surface area contributed by atoms with Gasteiger partial charge in [0.05, 0.1) is 117 Å². The van der Waals surface area contributed by atoms with E-state index in [0.717, 1.165) is 7.11 Å². The number of hydrogen-bond donors (Lipinski definition) is 20. The summed E-state index contributed by atoms with van der Waals surface area (Å²) in [6.07, 6.45) is -15.2. The lowest BCUT2D eigenvalue weighted by molar-refractivity contribution is -0.327. The molecule has 786 valence electrons. The fraction of sp³-hybridized carbons (Fsp3) is 0.863. The van der Waals surface area contributed by atoms with E-state index in [4.69, 9.17) is 94.4 Å². The van der Waals surface area contributed by atoms with Crippen molar-refractivity contribution >= 4 is 81.3 Å². The summed E-state index contributed by atoms with van der Waals surface area (Å²) in [5, 5.41) is 102. The lowest BCUT2D eigenvalue weighted by Gasteiger charge is -2.47. The average Bonchev–Trinajstić information content (AvgIpc) is 0.782. The highest BCUT2D eigenvalue weighted by atomic mass is 31.2. The number of ketones is 1. The third-order valence-corrected chi connectivity index (χ3v) is 22.5. The van der Waals surface area contributed by atoms with Crippen LogP contribution in [0.3, 0.4) is 0 Å². The van der Waals surface area contributed by atoms with Gasteiger partial charge in [-0.2, -0.15) is 0 Å². The Labute approximate surface area is 783 Å². The normalized spacial score (nSPS) is 25.9. The Morgan fingerprint density at radius 3 is 1.33 bits per heavy atom. The van der Waals surface area contributed by atoms with Gasteiger partial charge in [0.1, 0.15) is 93.3 Å². The minimum Gasteiger partial charge on any atom is -0.479 e. The number of phosphoric ester groups is 2. The van der Waals surface area contributed by atoms with Crippen molar-refractivity contribution in [2.24, 2.45) is 17.8 Å². The predicted molar refractivity (Wildman–Crippen MR) is 464 cm³/mol. The van der Waals surface area contributed by atoms with Gasteiger partial charge < -0.3 is 158 Å². The van der Waals surface area contributed by atoms with Crippen molar-refractivity contribution in [1.82, 2.24) is 48.5 Å². The smallest absolute Gasteiger partial charge is 0.479 e. The number of phosphoric acid groups is 2. The lowest BCUT2D eigenvalue weighted by atomic mass is 9.83. The largest absolute Gasteiger partial charge is 0.505 e. The van der Waals surface area contributed by atoms with Crippen LogP contribution in [0.2, 0.25) is 0 Å². The average molecular weight is 2000 g/mol. The molecule has 0 spiro atoms. The first-order valence-electron chi connectivity index (χ1n) is 44.8. The van der Waals surface area contributed by atoms with Crippen LogP contribution in [0, 0.1) is 17.8 Å². The van der Waals surface area contributed by atoms with Crippen LogP contribution in [0.1, 0.15) is 158 Å². The number of aliphatic hydroxyl groups is 6. The molecule has 135 heavy (non-hydrogen) atoms. The summed E-state index contributed by atoms with van der Waals surface area (Å²) in [5.74, 6) is -5.09. The van der Waals surface area contributed by atoms with Gasteiger partial charge in [0.15, 0.2) is 24.8 Å². The molecule has 53 nitrogen and oxygen atoms in total. The van der Waals surface area contributed by atoms with E-state index >= 15 is 0 Å². The van der Waals surface area contributed by atoms with Crippen LogP contribution in [-0.2, 0) is 141 Å². The maximum atomic E-state index is 12.3. The number of methoxy groups -OCH3 is 1. The number of unbranched alkanes of at least 4 members (excludes halogenated alkanes) is 7. The number of carboxylic acids is 2. The third kappa shape index (κ3) is 55.1. The van der Waals surface area contributed by atoms with Crippen molar-refractivity contribution in [2.45, 2.75) is 268 Å². The highest BCUT2D eigenvalue weighted by molar-refractivity contribution is 7.47. The molecular formula is C80H147N9O44P2. The Balaban J connectivity index is 0.000000851. The van der Waals surface area contributed by atoms with Crippen molar-refractivity contribution in [3.05, 3.63) is 0 Å². The Morgan fingerprint density at radius 2 is 0.867 bits per heavy atom. The summed E-state index contributed by atoms with van der Waals surface area (Å²) in [7, 11) is -5.77. The SMILES string of the molecule is CC(=O)CCCNNC(=O)OCCOCCOCCOC(=O)CCCCCCOP(=O)(O)OCCCCC(=O)NCC(C)CNC(=O)CCCCOP(=O)(O)OCCCCCNC(=O)OCCOCCOCCOC(=O)O.CNNOCC1O[C@@H](C)C(NC(C)=O)[C@@H](O[C@@H]2OC(C(=O)O)[C@@H](C)[C@H](C)C2O)[C@@H]1O.CO[C@@H]1C(C(=O)O)O[C@@H](O[C@@H]2C(NC(C)=O)[C@H](C)OC(CO)[C@H]2O)C(O)[C@H]1O. The maximum absolute atomic E-state index is 12.3. The number of hydrazine groups is 2. The Bertz CT molecular complexity index is 3470. The number of carboxylic acid groups (broad SMARTS) is 3. The zero-order chi connectivity index (χ0) is 101. The predicted octanol–water partition coefficient (Wildman–Crippen LogP) is -1.10. The number of aliphatic hydroxyl groups excluding tert-OH is 6. The molecule has 11 unspecified atom stereocenters. The highest BCUT2D eigenvalue weighted by Gasteiger charge is 2.54. The number of hydrogen-bond acceptors (Lipinski definition) is 42. The topological polar surface area (TPSA) is 737 Å². The molecule has 0 radical (unpaired) electrons. The number of carbonyl (C=O) groups is 11. The molecule has 0 aromatic rings. The first-order chi connectivity index (χ1) is 64.1. The summed E-state index contributed by atoms with van der Waals surface area (Å²) in [4.78, 5) is 152. The first kappa shape index (κ1) is 124. The molecule has 4 rings (SSSR count). The molecular weight excluding hydrogens is 1850 g/mol. The molecule has 0 aromatic carbocycles. The Morgan fingerprint density at radius 1 is 0.437 bits per heavy atom. The number of rotatable bonds is 68. The number of aliphatic carboxylic acids is 2. The van der Waals surface area contributed by atoms with Crippen LogP contribution >= 0.6 is 15.6 Å². The Hall–Kier alpha value is -6.85. The van der Waals surface area contributed by atoms with E-state index in [9.17, 15) is 113 Å². The third-order valence-electron chi connectivity index (χ3n) is 20.5. The number of carbonyl (C=O) groups excluding carboxylic acids is 8. The van der Waals surface area contributed by atoms with Crippen molar-refractivity contribution in [1.29, 1.82) is 0 Å². The van der Waals surface area contributed by atoms with E-state index < -0.39 is 180 Å². The minimum absolute atomic E-state index is 0.00295. The van der Waals surface area contributed by atoms with E-state index in [1.165, 1.54) is 20.8 Å². The number of ether oxygens (including phenoxy) is 15. The van der Waals surface area contributed by atoms with Gasteiger partial charge in [-0.25, -0.2) is 44.0 Å². The van der Waals surface area contributed by atoms with Crippen molar-refractivity contribution in [3.63, 3.8) is 0 Å². The molecule has 0 bridgehead atoms. The fourth-order valence-corrected chi connectivity index (χ4v) is 14.7. The molecule has 0 aromatic heterocycles. The number of esters is 1. The van der Waals surface area contributed by atoms with Gasteiger partial charge in [-0.15, -0.1) is 5.59 Å². The van der Waals surface area contributed by atoms with Gasteiger partial charge >= 0.3 is 51.9 Å². The molecule has 55 heteroatoms. The summed E-state index contributed by atoms with van der Waals surface area (Å²) in [6, 6.07) is -1.66. The summed E-state index contributed by atoms with van der Waals surface area (Å²) in [6.45, 7) is 14.9. The zero-order valence-corrected chi connectivity index (χ0v) is 80.1. The summed E-state index contributed by atoms with van der Waals surface area (Å²) < 4.78 is 123. The number of amides is 6. The number of nitrogens with one attached hydrogen (secondary N) is 9. The second-order valence-corrected chi connectivity index (χ2v) is 34.5. The molecule has 20 N–H and O–H groups in total. The summed E-state index contributed by atoms with van der Waals surface area (Å²) >= 11 is 0. The molecule has 6 amide bonds. The zero-order valence-electron chi connectivity index (χ0n) is 78.3. The van der Waals surface area contributed by atoms with Crippen LogP contribution in [-0.4, -0.2) is 391 Å². The van der Waals surface area contributed by atoms with E-state index in [1.54, 1.807) is 34.7 Å². The van der Waals surface area contributed by atoms with Gasteiger partial charge in [0.2, 0.25) is 23.6 Å². The molecule has 4 fully saturated rings. The molecule has 4 aliphatic rings. The van der Waals surface area contributed by atoms with Crippen molar-refractivity contribution in [2.75, 3.05) is 159 Å². The molecule has 4 aliphatic heterocycles. The van der Waals surface area contributed by atoms with Gasteiger partial charge in [0.25, 0.3) is 0 Å². The molecule has 4 saturated heterocycles. The van der Waals surface area contributed by atoms with E-state index in [1.807, 2.05) is 6.92 Å². The van der Waals surface area contributed by atoms with Crippen LogP contribution in [0.15, 0.2) is 0 Å². The van der Waals surface area contributed by atoms with Crippen LogP contribution in [0.25, 0.3) is 0 Å². The number of Topliss-reactive ketones (excluding diaryl/α,β-unsaturated/α-hetero) is 1. The van der Waals surface area contributed by atoms with Crippen LogP contribution in [0.4, 0.5) is 14.4 Å². The quantitative estimate of drug-likeness (QED) is 0.0113. The second-order valence-electron chi connectivity index (χ2n) is 31.6. The van der Waals surface area contributed by atoms with Crippen molar-refractivity contribution in [3.8, 4) is 0 Å². The number of alkyl carbamates (subject to hydrolysis) is 1. The monoisotopic (exact) mass is 2000 g/mol. The van der Waals surface area contributed by atoms with E-state index in [0.29, 0.717) is 110 Å². The van der Waals surface area contributed by atoms with Crippen LogP contribution in [0.5, 0.6) is 0 Å². The molecule has 23 atom stereocenters. The van der Waals surface area contributed by atoms with Crippen molar-refractivity contribution < 1.29 is 212 Å². The van der Waals surface area contributed by atoms with Gasteiger partial charge in [-0.1, -0.05) is 33.6 Å². The van der Waals surface area contributed by atoms with Gasteiger partial charge in [0, 0.05) is 79.9 Å². The lowest BCUT2D eigenvalue weighted by Crippen LogP contribution is -2.67. The van der Waals surface area contributed by atoms with Crippen LogP contribution < -0.4 is 48.5 Å². The maximum Gasteiger partial charge on any atom is 0.505 e. The molecule has 0 saturated carbocycles. The second kappa shape index (κ2) is 71.6. The Kier molecular flexibility index (Phi) is 65.8. The summed E-state index contributed by atoms with van der Waals surface area (Å²) in [5.41, 5.74) is 10.0. The van der Waals surface area contributed by atoms with E-state index in [2.05, 4.69) is 53.2 Å².